The van der Waals surface area contributed by atoms with Crippen LogP contribution in [0.4, 0.5) is 0 Å². The molecule has 0 spiro atoms. The number of quaternary nitrogens is 1. The summed E-state index contributed by atoms with van der Waals surface area (Å²) in [7, 11) is 2.42. The highest BCUT2D eigenvalue weighted by Crippen LogP contribution is 2.43. The number of nitrogens with one attached hydrogen (secondary N) is 1. The fourth-order valence-electron chi connectivity index (χ4n) is 10.6. The van der Waals surface area contributed by atoms with Crippen LogP contribution >= 0.6 is 0 Å². The van der Waals surface area contributed by atoms with Gasteiger partial charge in [0.15, 0.2) is 0 Å². The minimum absolute atomic E-state index is 0. The highest BCUT2D eigenvalue weighted by Gasteiger charge is 2.47. The van der Waals surface area contributed by atoms with E-state index in [1.807, 2.05) is 54.6 Å². The van der Waals surface area contributed by atoms with E-state index in [-0.39, 0.29) is 54.1 Å². The van der Waals surface area contributed by atoms with Crippen LogP contribution < -0.4 is 22.3 Å². The number of piperidine rings is 1. The zero-order valence-electron chi connectivity index (χ0n) is 32.7. The van der Waals surface area contributed by atoms with Gasteiger partial charge in [-0.3, -0.25) is 14.4 Å². The first-order valence-corrected chi connectivity index (χ1v) is 20.8. The SMILES string of the molecule is C[N+]1(CC2CCCCCC2)CCC[C@H](CNC(=O)[C@H]2CCCN2C(=O)[C@@H]2C[C@@H](O)CN2C(=O)CC(c2ccccc2)(c2ccccc2)c2ccccc2)C1.[Br-]. The molecule has 9 heteroatoms. The second-order valence-corrected chi connectivity index (χ2v) is 17.1. The van der Waals surface area contributed by atoms with Crippen molar-refractivity contribution < 1.29 is 41.0 Å². The molecular weight excluding hydrogens is 752 g/mol. The molecule has 1 unspecified atom stereocenters. The Morgan fingerprint density at radius 1 is 0.727 bits per heavy atom. The second-order valence-electron chi connectivity index (χ2n) is 17.1. The largest absolute Gasteiger partial charge is 1.00 e. The molecule has 3 heterocycles. The molecule has 0 bridgehead atoms. The van der Waals surface area contributed by atoms with E-state index >= 15 is 0 Å². The lowest BCUT2D eigenvalue weighted by atomic mass is 9.67. The summed E-state index contributed by atoms with van der Waals surface area (Å²) in [6.45, 7) is 4.78. The van der Waals surface area contributed by atoms with Crippen molar-refractivity contribution in [3.05, 3.63) is 108 Å². The Morgan fingerprint density at radius 2 is 1.29 bits per heavy atom. The zero-order valence-corrected chi connectivity index (χ0v) is 34.3. The van der Waals surface area contributed by atoms with E-state index in [0.717, 1.165) is 46.5 Å². The highest BCUT2D eigenvalue weighted by molar-refractivity contribution is 5.93. The Morgan fingerprint density at radius 3 is 1.87 bits per heavy atom. The van der Waals surface area contributed by atoms with Gasteiger partial charge in [-0.1, -0.05) is 117 Å². The lowest BCUT2D eigenvalue weighted by Gasteiger charge is -2.43. The number of aliphatic hydroxyl groups is 1. The number of hydrogen-bond acceptors (Lipinski definition) is 4. The van der Waals surface area contributed by atoms with E-state index in [2.05, 4.69) is 48.8 Å². The molecule has 4 aliphatic rings. The van der Waals surface area contributed by atoms with Gasteiger partial charge in [0.1, 0.15) is 12.1 Å². The second kappa shape index (κ2) is 18.6. The summed E-state index contributed by atoms with van der Waals surface area (Å²) in [5, 5.41) is 14.3. The molecule has 3 amide bonds. The molecule has 55 heavy (non-hydrogen) atoms. The van der Waals surface area contributed by atoms with Crippen molar-refractivity contribution in [3.8, 4) is 0 Å². The Balaban J connectivity index is 0.00000514. The van der Waals surface area contributed by atoms with Gasteiger partial charge in [-0.2, -0.15) is 0 Å². The minimum Gasteiger partial charge on any atom is -1.00 e. The molecule has 4 fully saturated rings. The van der Waals surface area contributed by atoms with E-state index in [4.69, 9.17) is 0 Å². The molecule has 2 N–H and O–H groups in total. The van der Waals surface area contributed by atoms with Gasteiger partial charge in [-0.25, -0.2) is 0 Å². The molecule has 1 aliphatic carbocycles. The lowest BCUT2D eigenvalue weighted by Crippen LogP contribution is -3.00. The monoisotopic (exact) mass is 812 g/mol. The molecule has 3 aromatic carbocycles. The number of hydrogen-bond donors (Lipinski definition) is 2. The quantitative estimate of drug-likeness (QED) is 0.177. The van der Waals surface area contributed by atoms with Gasteiger partial charge < -0.3 is 41.7 Å². The van der Waals surface area contributed by atoms with Gasteiger partial charge in [0.25, 0.3) is 0 Å². The summed E-state index contributed by atoms with van der Waals surface area (Å²) in [5.74, 6) is 0.741. The van der Waals surface area contributed by atoms with Gasteiger partial charge in [0.05, 0.1) is 38.2 Å². The van der Waals surface area contributed by atoms with Gasteiger partial charge in [0.2, 0.25) is 17.7 Å². The molecule has 0 radical (unpaired) electrons. The Kier molecular flexibility index (Phi) is 13.9. The van der Waals surface area contributed by atoms with Crippen molar-refractivity contribution in [2.24, 2.45) is 11.8 Å². The number of nitrogens with zero attached hydrogens (tertiary/aromatic N) is 3. The maximum absolute atomic E-state index is 14.7. The maximum Gasteiger partial charge on any atom is 0.246 e. The third-order valence-electron chi connectivity index (χ3n) is 13.2. The molecule has 7 rings (SSSR count). The first-order valence-electron chi connectivity index (χ1n) is 20.8. The molecule has 3 aromatic rings. The number of aliphatic hydroxyl groups excluding tert-OH is 1. The summed E-state index contributed by atoms with van der Waals surface area (Å²) in [5.41, 5.74) is 2.13. The molecular formula is C46H61BrN4O4. The van der Waals surface area contributed by atoms with Gasteiger partial charge in [-0.15, -0.1) is 0 Å². The first-order chi connectivity index (χ1) is 26.3. The number of benzene rings is 3. The third-order valence-corrected chi connectivity index (χ3v) is 13.2. The van der Waals surface area contributed by atoms with Crippen LogP contribution in [0, 0.1) is 11.8 Å². The predicted molar refractivity (Wildman–Crippen MR) is 212 cm³/mol. The van der Waals surface area contributed by atoms with Crippen LogP contribution in [0.3, 0.4) is 0 Å². The van der Waals surface area contributed by atoms with E-state index < -0.39 is 23.6 Å². The molecule has 3 aliphatic heterocycles. The molecule has 296 valence electrons. The van der Waals surface area contributed by atoms with Crippen molar-refractivity contribution in [1.29, 1.82) is 0 Å². The number of carbonyl (C=O) groups excluding carboxylic acids is 3. The average molecular weight is 814 g/mol. The summed E-state index contributed by atoms with van der Waals surface area (Å²) in [6.07, 6.45) is 11.3. The summed E-state index contributed by atoms with van der Waals surface area (Å²) in [6, 6.07) is 28.9. The van der Waals surface area contributed by atoms with Gasteiger partial charge in [0, 0.05) is 44.3 Å². The smallest absolute Gasteiger partial charge is 0.246 e. The molecule has 0 aromatic heterocycles. The maximum atomic E-state index is 14.7. The summed E-state index contributed by atoms with van der Waals surface area (Å²) < 4.78 is 1.10. The van der Waals surface area contributed by atoms with Crippen molar-refractivity contribution in [2.75, 3.05) is 46.3 Å². The molecule has 3 saturated heterocycles. The normalized spacial score (nSPS) is 26.2. The number of rotatable bonds is 11. The molecule has 1 saturated carbocycles. The minimum atomic E-state index is -0.818. The number of halogens is 1. The van der Waals surface area contributed by atoms with Crippen LogP contribution in [0.5, 0.6) is 0 Å². The molecule has 5 atom stereocenters. The number of likely N-dealkylation sites (tertiary alicyclic amines) is 3. The topological polar surface area (TPSA) is 89.9 Å². The average Bonchev–Trinajstić information content (AvgIpc) is 3.77. The van der Waals surface area contributed by atoms with Crippen LogP contribution in [0.25, 0.3) is 0 Å². The van der Waals surface area contributed by atoms with Crippen LogP contribution in [-0.2, 0) is 19.8 Å². The third kappa shape index (κ3) is 9.37. The van der Waals surface area contributed by atoms with Crippen molar-refractivity contribution in [3.63, 3.8) is 0 Å². The molecule has 8 nitrogen and oxygen atoms in total. The van der Waals surface area contributed by atoms with E-state index in [9.17, 15) is 19.5 Å². The Bertz CT molecular complexity index is 1610. The van der Waals surface area contributed by atoms with Crippen LogP contribution in [0.1, 0.15) is 93.7 Å². The Labute approximate surface area is 339 Å². The van der Waals surface area contributed by atoms with E-state index in [1.165, 1.54) is 58.0 Å². The fraction of sp³-hybridized carbons (Fsp3) is 0.543. The van der Waals surface area contributed by atoms with Gasteiger partial charge >= 0.3 is 0 Å². The van der Waals surface area contributed by atoms with Crippen molar-refractivity contribution in [2.45, 2.75) is 101 Å². The standard InChI is InChI=1S/C46H60N4O4.BrH/c1-50(33-35-17-7-2-3-8-18-35)28-16-19-36(34-50)31-47-44(53)41-26-15-27-48(41)45(54)42-29-40(51)32-49(42)43(52)30-46(37-20-9-4-10-21-37,38-22-11-5-12-23-38)39-24-13-6-14-25-39;/h4-6,9-14,20-25,35-36,40-42,51H,2-3,7-8,15-19,26-34H2,1H3;1H/t36-,40-,41-,42+,50?;/m1./s1. The zero-order chi connectivity index (χ0) is 37.5. The first kappa shape index (κ1) is 41.1. The van der Waals surface area contributed by atoms with Crippen LogP contribution in [-0.4, -0.2) is 102 Å². The van der Waals surface area contributed by atoms with Crippen LogP contribution in [0.15, 0.2) is 91.0 Å². The van der Waals surface area contributed by atoms with Crippen molar-refractivity contribution in [1.82, 2.24) is 15.1 Å². The number of amides is 3. The highest BCUT2D eigenvalue weighted by atomic mass is 79.9. The van der Waals surface area contributed by atoms with E-state index in [1.54, 1.807) is 9.80 Å². The number of β-amino-alcohol motifs (C(OH)–C–C–N with tert-alkyl or cyclic N) is 1. The lowest BCUT2D eigenvalue weighted by molar-refractivity contribution is -0.920. The number of carbonyl (C=O) groups is 3. The predicted octanol–water partition coefficient (Wildman–Crippen LogP) is 3.31. The van der Waals surface area contributed by atoms with E-state index in [0.29, 0.717) is 25.4 Å². The van der Waals surface area contributed by atoms with Crippen molar-refractivity contribution >= 4 is 17.7 Å². The summed E-state index contributed by atoms with van der Waals surface area (Å²) in [4.78, 5) is 46.3. The summed E-state index contributed by atoms with van der Waals surface area (Å²) >= 11 is 0. The fourth-order valence-corrected chi connectivity index (χ4v) is 10.6. The Hall–Kier alpha value is -3.53. The van der Waals surface area contributed by atoms with Gasteiger partial charge in [-0.05, 0) is 55.2 Å². The van der Waals surface area contributed by atoms with Crippen LogP contribution in [0.2, 0.25) is 0 Å².